The van der Waals surface area contributed by atoms with E-state index in [0.29, 0.717) is 6.61 Å². The molecule has 3 aromatic rings. The van der Waals surface area contributed by atoms with Crippen LogP contribution in [0.3, 0.4) is 0 Å². The predicted molar refractivity (Wildman–Crippen MR) is 94.3 cm³/mol. The molecule has 0 aliphatic rings. The highest BCUT2D eigenvalue weighted by Crippen LogP contribution is 2.14. The number of rotatable bonds is 6. The molecule has 6 heteroatoms. The summed E-state index contributed by atoms with van der Waals surface area (Å²) < 4.78 is 5.76. The lowest BCUT2D eigenvalue weighted by Gasteiger charge is -2.06. The molecule has 6 nitrogen and oxygen atoms in total. The van der Waals surface area contributed by atoms with Crippen LogP contribution in [0.1, 0.15) is 21.6 Å². The van der Waals surface area contributed by atoms with Crippen molar-refractivity contribution >= 4 is 12.1 Å². The summed E-state index contributed by atoms with van der Waals surface area (Å²) in [6, 6.07) is 17.4. The molecular formula is C19H16N4O2. The van der Waals surface area contributed by atoms with Gasteiger partial charge in [0.2, 0.25) is 0 Å². The van der Waals surface area contributed by atoms with Gasteiger partial charge in [-0.15, -0.1) is 0 Å². The first-order valence-corrected chi connectivity index (χ1v) is 7.67. The molecule has 1 heterocycles. The zero-order chi connectivity index (χ0) is 17.3. The van der Waals surface area contributed by atoms with Gasteiger partial charge in [0, 0.05) is 12.4 Å². The Bertz CT molecular complexity index is 852. The lowest BCUT2D eigenvalue weighted by atomic mass is 10.2. The second-order valence-electron chi connectivity index (χ2n) is 5.14. The topological polar surface area (TPSA) is 76.5 Å². The molecule has 3 rings (SSSR count). The lowest BCUT2D eigenvalue weighted by molar-refractivity contribution is 0.0949. The maximum Gasteiger partial charge on any atom is 0.291 e. The van der Waals surface area contributed by atoms with Gasteiger partial charge >= 0.3 is 0 Å². The van der Waals surface area contributed by atoms with Crippen LogP contribution in [0.25, 0.3) is 0 Å². The van der Waals surface area contributed by atoms with E-state index in [1.807, 2.05) is 54.6 Å². The maximum absolute atomic E-state index is 11.8. The molecule has 0 radical (unpaired) electrons. The first-order chi connectivity index (χ1) is 12.3. The maximum atomic E-state index is 11.8. The van der Waals surface area contributed by atoms with Gasteiger partial charge in [0.25, 0.3) is 5.91 Å². The zero-order valence-electron chi connectivity index (χ0n) is 13.4. The molecule has 0 aliphatic carbocycles. The Hall–Kier alpha value is -3.54. The number of hydrazone groups is 1. The van der Waals surface area contributed by atoms with Gasteiger partial charge in [0.15, 0.2) is 0 Å². The number of nitrogens with zero attached hydrogens (tertiary/aromatic N) is 3. The molecule has 1 amide bonds. The van der Waals surface area contributed by atoms with E-state index < -0.39 is 5.91 Å². The third-order valence-electron chi connectivity index (χ3n) is 3.28. The molecule has 25 heavy (non-hydrogen) atoms. The van der Waals surface area contributed by atoms with Gasteiger partial charge in [-0.3, -0.25) is 9.78 Å². The van der Waals surface area contributed by atoms with Crippen LogP contribution in [0.2, 0.25) is 0 Å². The first kappa shape index (κ1) is 16.3. The highest BCUT2D eigenvalue weighted by Gasteiger charge is 2.04. The number of aromatic nitrogens is 2. The average molecular weight is 332 g/mol. The Morgan fingerprint density at radius 3 is 2.80 bits per heavy atom. The van der Waals surface area contributed by atoms with E-state index in [1.54, 1.807) is 6.21 Å². The van der Waals surface area contributed by atoms with Crippen LogP contribution in [0, 0.1) is 0 Å². The predicted octanol–water partition coefficient (Wildman–Crippen LogP) is 2.82. The summed E-state index contributed by atoms with van der Waals surface area (Å²) in [5.74, 6) is 0.314. The zero-order valence-corrected chi connectivity index (χ0v) is 13.4. The lowest BCUT2D eigenvalue weighted by Crippen LogP contribution is -2.19. The monoisotopic (exact) mass is 332 g/mol. The number of hydrogen-bond acceptors (Lipinski definition) is 5. The molecule has 0 bridgehead atoms. The van der Waals surface area contributed by atoms with Gasteiger partial charge in [-0.25, -0.2) is 10.4 Å². The van der Waals surface area contributed by atoms with E-state index in [0.717, 1.165) is 16.9 Å². The van der Waals surface area contributed by atoms with Crippen molar-refractivity contribution < 1.29 is 9.53 Å². The Morgan fingerprint density at radius 1 is 1.12 bits per heavy atom. The van der Waals surface area contributed by atoms with Crippen molar-refractivity contribution in [1.29, 1.82) is 0 Å². The molecule has 1 N–H and O–H groups in total. The Labute approximate surface area is 145 Å². The van der Waals surface area contributed by atoms with Crippen molar-refractivity contribution in [3.05, 3.63) is 90.0 Å². The van der Waals surface area contributed by atoms with Crippen molar-refractivity contribution in [3.8, 4) is 5.75 Å². The minimum Gasteiger partial charge on any atom is -0.489 e. The molecule has 0 saturated carbocycles. The van der Waals surface area contributed by atoms with Gasteiger partial charge in [-0.1, -0.05) is 42.5 Å². The normalized spacial score (nSPS) is 10.6. The molecule has 0 unspecified atom stereocenters. The SMILES string of the molecule is O=C(N/N=C/c1cccc(OCc2ccccc2)c1)c1cnccn1. The van der Waals surface area contributed by atoms with Crippen molar-refractivity contribution in [2.24, 2.45) is 5.10 Å². The summed E-state index contributed by atoms with van der Waals surface area (Å²) in [5, 5.41) is 3.93. The Morgan fingerprint density at radius 2 is 2.00 bits per heavy atom. The summed E-state index contributed by atoms with van der Waals surface area (Å²) in [4.78, 5) is 19.5. The van der Waals surface area contributed by atoms with Crippen molar-refractivity contribution in [3.63, 3.8) is 0 Å². The van der Waals surface area contributed by atoms with Crippen LogP contribution in [-0.4, -0.2) is 22.1 Å². The summed E-state index contributed by atoms with van der Waals surface area (Å²) >= 11 is 0. The number of carbonyl (C=O) groups is 1. The van der Waals surface area contributed by atoms with Crippen LogP contribution >= 0.6 is 0 Å². The number of hydrogen-bond donors (Lipinski definition) is 1. The minimum absolute atomic E-state index is 0.208. The molecule has 124 valence electrons. The number of carbonyl (C=O) groups excluding carboxylic acids is 1. The summed E-state index contributed by atoms with van der Waals surface area (Å²) in [6.45, 7) is 0.491. The van der Waals surface area contributed by atoms with Gasteiger partial charge < -0.3 is 4.74 Å². The van der Waals surface area contributed by atoms with Crippen LogP contribution < -0.4 is 10.2 Å². The number of benzene rings is 2. The quantitative estimate of drug-likeness (QED) is 0.556. The van der Waals surface area contributed by atoms with E-state index in [2.05, 4.69) is 20.5 Å². The number of nitrogens with one attached hydrogen (secondary N) is 1. The Balaban J connectivity index is 1.57. The molecule has 0 fully saturated rings. The van der Waals surface area contributed by atoms with E-state index in [9.17, 15) is 4.79 Å². The highest BCUT2D eigenvalue weighted by molar-refractivity contribution is 5.92. The molecule has 0 spiro atoms. The third-order valence-corrected chi connectivity index (χ3v) is 3.28. The standard InChI is InChI=1S/C19H16N4O2/c24-19(18-13-20-9-10-21-18)23-22-12-16-7-4-8-17(11-16)25-14-15-5-2-1-3-6-15/h1-13H,14H2,(H,23,24)/b22-12+. The van der Waals surface area contributed by atoms with Crippen molar-refractivity contribution in [2.45, 2.75) is 6.61 Å². The molecule has 1 aromatic heterocycles. The van der Waals surface area contributed by atoms with Crippen LogP contribution in [0.5, 0.6) is 5.75 Å². The molecule has 0 aliphatic heterocycles. The fourth-order valence-corrected chi connectivity index (χ4v) is 2.06. The number of ether oxygens (including phenoxy) is 1. The highest BCUT2D eigenvalue weighted by atomic mass is 16.5. The van der Waals surface area contributed by atoms with E-state index in [1.165, 1.54) is 18.6 Å². The van der Waals surface area contributed by atoms with Crippen LogP contribution in [0.4, 0.5) is 0 Å². The third kappa shape index (κ3) is 4.97. The number of amides is 1. The van der Waals surface area contributed by atoms with Gasteiger partial charge in [0.05, 0.1) is 12.4 Å². The van der Waals surface area contributed by atoms with Gasteiger partial charge in [0.1, 0.15) is 18.1 Å². The molecule has 2 aromatic carbocycles. The van der Waals surface area contributed by atoms with E-state index in [4.69, 9.17) is 4.74 Å². The summed E-state index contributed by atoms with van der Waals surface area (Å²) in [7, 11) is 0. The fraction of sp³-hybridized carbons (Fsp3) is 0.0526. The van der Waals surface area contributed by atoms with Crippen LogP contribution in [-0.2, 0) is 6.61 Å². The average Bonchev–Trinajstić information content (AvgIpc) is 2.68. The van der Waals surface area contributed by atoms with E-state index >= 15 is 0 Å². The summed E-state index contributed by atoms with van der Waals surface area (Å²) in [5.41, 5.74) is 4.53. The minimum atomic E-state index is -0.416. The first-order valence-electron chi connectivity index (χ1n) is 7.67. The molecule has 0 saturated heterocycles. The Kier molecular flexibility index (Phi) is 5.45. The smallest absolute Gasteiger partial charge is 0.291 e. The van der Waals surface area contributed by atoms with Gasteiger partial charge in [-0.2, -0.15) is 5.10 Å². The van der Waals surface area contributed by atoms with Crippen molar-refractivity contribution in [2.75, 3.05) is 0 Å². The molecule has 0 atom stereocenters. The van der Waals surface area contributed by atoms with E-state index in [-0.39, 0.29) is 5.69 Å². The second-order valence-corrected chi connectivity index (χ2v) is 5.14. The fourth-order valence-electron chi connectivity index (χ4n) is 2.06. The van der Waals surface area contributed by atoms with Crippen LogP contribution in [0.15, 0.2) is 78.3 Å². The van der Waals surface area contributed by atoms with Crippen molar-refractivity contribution in [1.82, 2.24) is 15.4 Å². The summed E-state index contributed by atoms with van der Waals surface area (Å²) in [6.07, 6.45) is 5.87. The molecular weight excluding hydrogens is 316 g/mol. The largest absolute Gasteiger partial charge is 0.489 e. The van der Waals surface area contributed by atoms with Gasteiger partial charge in [-0.05, 0) is 23.3 Å². The second kappa shape index (κ2) is 8.35.